The third kappa shape index (κ3) is 2.58. The average molecular weight is 507 g/mol. The van der Waals surface area contributed by atoms with Gasteiger partial charge < -0.3 is 9.47 Å². The summed E-state index contributed by atoms with van der Waals surface area (Å²) in [6.45, 7) is 4.31. The van der Waals surface area contributed by atoms with Crippen molar-refractivity contribution in [3.63, 3.8) is 0 Å². The van der Waals surface area contributed by atoms with Crippen molar-refractivity contribution in [1.29, 1.82) is 0 Å². The quantitative estimate of drug-likeness (QED) is 0.229. The lowest BCUT2D eigenvalue weighted by atomic mass is 10.1. The second-order valence-electron chi connectivity index (χ2n) is 9.36. The van der Waals surface area contributed by atoms with E-state index in [4.69, 9.17) is 9.47 Å². The molecular weight excluding hydrogens is 484 g/mol. The Kier molecular flexibility index (Phi) is 4.06. The highest BCUT2D eigenvalue weighted by atomic mass is 32.1. The van der Waals surface area contributed by atoms with Gasteiger partial charge in [-0.3, -0.25) is 0 Å². The molecule has 0 radical (unpaired) electrons. The van der Waals surface area contributed by atoms with E-state index in [0.717, 1.165) is 50.1 Å². The van der Waals surface area contributed by atoms with E-state index in [0.29, 0.717) is 0 Å². The summed E-state index contributed by atoms with van der Waals surface area (Å²) < 4.78 is 21.0. The number of fused-ring (bicyclic) bond motifs is 12. The largest absolute Gasteiger partial charge is 0.717 e. The van der Waals surface area contributed by atoms with Crippen LogP contribution in [-0.2, 0) is 12.5 Å². The van der Waals surface area contributed by atoms with Crippen LogP contribution >= 0.6 is 22.7 Å². The molecule has 1 spiro atoms. The predicted octanol–water partition coefficient (Wildman–Crippen LogP) is 6.80. The van der Waals surface area contributed by atoms with E-state index in [-0.39, 0.29) is 0 Å². The predicted molar refractivity (Wildman–Crippen MR) is 144 cm³/mol. The zero-order valence-corrected chi connectivity index (χ0v) is 21.5. The van der Waals surface area contributed by atoms with Gasteiger partial charge in [0.2, 0.25) is 11.0 Å². The molecule has 0 amide bonds. The zero-order valence-electron chi connectivity index (χ0n) is 19.8. The Hall–Kier alpha value is -3.74. The summed E-state index contributed by atoms with van der Waals surface area (Å²) in [5, 5.41) is 2.26. The van der Waals surface area contributed by atoms with Gasteiger partial charge in [-0.05, 0) is 70.0 Å². The van der Waals surface area contributed by atoms with Crippen LogP contribution in [-0.4, -0.2) is 0 Å². The van der Waals surface area contributed by atoms with Crippen LogP contribution in [0, 0.1) is 6.92 Å². The summed E-state index contributed by atoms with van der Waals surface area (Å²) in [5.74, 6) is 1.66. The lowest BCUT2D eigenvalue weighted by molar-refractivity contribution is -1.04. The third-order valence-corrected chi connectivity index (χ3v) is 9.45. The van der Waals surface area contributed by atoms with Gasteiger partial charge in [0.15, 0.2) is 11.5 Å². The number of ether oxygens (including phenoxy) is 2. The Morgan fingerprint density at radius 1 is 0.694 bits per heavy atom. The Labute approximate surface area is 216 Å². The summed E-state index contributed by atoms with van der Waals surface area (Å²) >= 11 is 3.57. The maximum atomic E-state index is 7.05. The van der Waals surface area contributed by atoms with Gasteiger partial charge in [0, 0.05) is 12.1 Å². The standard InChI is InChI=1S/C30H22N2O2S2/c1-3-19-13-15-25-21(17-19)29-32(23-9-5-7-11-27(23)36-29)30(34-25)31-22-8-4-6-10-26(22)35-28(31)20-16-18(2)12-14-24(20)33-30/h4-17H,3H2,1-2H3/q+2. The monoisotopic (exact) mass is 506 g/mol. The van der Waals surface area contributed by atoms with E-state index in [9.17, 15) is 0 Å². The van der Waals surface area contributed by atoms with Gasteiger partial charge >= 0.3 is 6.03 Å². The molecule has 36 heavy (non-hydrogen) atoms. The zero-order chi connectivity index (χ0) is 24.0. The van der Waals surface area contributed by atoms with Crippen molar-refractivity contribution in [1.82, 2.24) is 0 Å². The normalized spacial score (nSPS) is 17.3. The van der Waals surface area contributed by atoms with Crippen LogP contribution in [0.2, 0.25) is 0 Å². The highest BCUT2D eigenvalue weighted by Crippen LogP contribution is 2.47. The molecule has 174 valence electrons. The number of nitrogens with zero attached hydrogens (tertiary/aromatic N) is 2. The molecule has 1 unspecified atom stereocenters. The Balaban J connectivity index is 1.55. The molecule has 1 atom stereocenters. The molecule has 4 nitrogen and oxygen atoms in total. The number of para-hydroxylation sites is 2. The summed E-state index contributed by atoms with van der Waals surface area (Å²) in [6.07, 6.45) is 0.973. The first-order chi connectivity index (χ1) is 17.7. The highest BCUT2D eigenvalue weighted by molar-refractivity contribution is 7.21. The van der Waals surface area contributed by atoms with Crippen molar-refractivity contribution in [3.8, 4) is 32.6 Å². The van der Waals surface area contributed by atoms with E-state index in [1.54, 1.807) is 22.7 Å². The Bertz CT molecular complexity index is 1870. The molecule has 2 aliphatic heterocycles. The van der Waals surface area contributed by atoms with Crippen molar-refractivity contribution in [2.75, 3.05) is 0 Å². The smallest absolute Gasteiger partial charge is 0.340 e. The molecular formula is C30H22N2O2S2+2. The lowest BCUT2D eigenvalue weighted by Crippen LogP contribution is -2.81. The van der Waals surface area contributed by atoms with Crippen molar-refractivity contribution < 1.29 is 18.6 Å². The highest BCUT2D eigenvalue weighted by Gasteiger charge is 2.69. The van der Waals surface area contributed by atoms with Crippen LogP contribution in [0.25, 0.3) is 41.6 Å². The van der Waals surface area contributed by atoms with Crippen LogP contribution in [0.1, 0.15) is 18.1 Å². The minimum Gasteiger partial charge on any atom is -0.340 e. The summed E-state index contributed by atoms with van der Waals surface area (Å²) in [7, 11) is 0. The second kappa shape index (κ2) is 7.15. The molecule has 0 aliphatic carbocycles. The van der Waals surface area contributed by atoms with Gasteiger partial charge in [-0.25, -0.2) is 0 Å². The lowest BCUT2D eigenvalue weighted by Gasteiger charge is -2.29. The van der Waals surface area contributed by atoms with E-state index in [1.165, 1.54) is 20.5 Å². The fourth-order valence-corrected chi connectivity index (χ4v) is 7.82. The Morgan fingerprint density at radius 3 is 1.86 bits per heavy atom. The van der Waals surface area contributed by atoms with Gasteiger partial charge in [0.05, 0.1) is 0 Å². The second-order valence-corrected chi connectivity index (χ2v) is 11.4. The van der Waals surface area contributed by atoms with Gasteiger partial charge in [0.1, 0.15) is 20.5 Å². The number of hydrogen-bond donors (Lipinski definition) is 0. The van der Waals surface area contributed by atoms with Crippen LogP contribution in [0.15, 0.2) is 84.9 Å². The number of benzene rings is 4. The van der Waals surface area contributed by atoms with E-state index < -0.39 is 6.03 Å². The van der Waals surface area contributed by atoms with Crippen molar-refractivity contribution in [2.45, 2.75) is 26.3 Å². The molecule has 2 aromatic heterocycles. The summed E-state index contributed by atoms with van der Waals surface area (Å²) in [4.78, 5) is 0. The minimum atomic E-state index is -1.23. The van der Waals surface area contributed by atoms with E-state index >= 15 is 0 Å². The van der Waals surface area contributed by atoms with Crippen LogP contribution in [0.4, 0.5) is 0 Å². The molecule has 8 rings (SSSR count). The molecule has 2 aliphatic rings. The maximum absolute atomic E-state index is 7.05. The third-order valence-electron chi connectivity index (χ3n) is 7.13. The van der Waals surface area contributed by atoms with Crippen molar-refractivity contribution in [3.05, 3.63) is 96.1 Å². The number of rotatable bonds is 1. The SMILES string of the molecule is CCc1ccc2c(c1)-c1sc3ccccc3[n+]1C1(Oc3ccc(C)cc3-c3sc4ccccc4[n+]31)O2. The molecule has 0 saturated carbocycles. The molecule has 0 N–H and O–H groups in total. The minimum absolute atomic E-state index is 0.828. The number of hydrogen-bond acceptors (Lipinski definition) is 4. The number of aryl methyl sites for hydroxylation is 2. The van der Waals surface area contributed by atoms with Gasteiger partial charge in [-0.2, -0.15) is 0 Å². The van der Waals surface area contributed by atoms with E-state index in [1.807, 2.05) is 0 Å². The summed E-state index contributed by atoms with van der Waals surface area (Å²) in [6, 6.07) is 28.7. The molecule has 6 aromatic rings. The summed E-state index contributed by atoms with van der Waals surface area (Å²) in [5.41, 5.74) is 6.88. The van der Waals surface area contributed by atoms with Crippen molar-refractivity contribution in [2.24, 2.45) is 0 Å². The first-order valence-electron chi connectivity index (χ1n) is 12.2. The van der Waals surface area contributed by atoms with Gasteiger partial charge in [0.25, 0.3) is 10.0 Å². The van der Waals surface area contributed by atoms with Gasteiger partial charge in [-0.1, -0.05) is 66.0 Å². The average Bonchev–Trinajstić information content (AvgIpc) is 3.50. The topological polar surface area (TPSA) is 26.2 Å². The number of thiazole rings is 2. The maximum Gasteiger partial charge on any atom is 0.717 e. The molecule has 6 heteroatoms. The molecule has 0 fully saturated rings. The Morgan fingerprint density at radius 2 is 1.25 bits per heavy atom. The van der Waals surface area contributed by atoms with Gasteiger partial charge in [-0.15, -0.1) is 0 Å². The molecule has 0 bridgehead atoms. The first-order valence-corrected chi connectivity index (χ1v) is 13.8. The van der Waals surface area contributed by atoms with Crippen LogP contribution < -0.4 is 18.6 Å². The molecule has 0 saturated heterocycles. The van der Waals surface area contributed by atoms with Crippen molar-refractivity contribution >= 4 is 43.1 Å². The molecule has 4 aromatic carbocycles. The number of aromatic nitrogens is 2. The first kappa shape index (κ1) is 20.5. The molecule has 4 heterocycles. The van der Waals surface area contributed by atoms with Crippen LogP contribution in [0.5, 0.6) is 11.5 Å². The fourth-order valence-electron chi connectivity index (χ4n) is 5.43. The fraction of sp³-hybridized carbons (Fsp3) is 0.133. The van der Waals surface area contributed by atoms with Crippen LogP contribution in [0.3, 0.4) is 0 Å². The van der Waals surface area contributed by atoms with E-state index in [2.05, 4.69) is 108 Å².